The first kappa shape index (κ1) is 53.1. The second kappa shape index (κ2) is 43.2. The molecule has 0 radical (unpaired) electrons. The van der Waals surface area contributed by atoms with E-state index in [-0.39, 0.29) is 24.9 Å². The Balaban J connectivity index is 4.47. The number of rotatable bonds is 42. The lowest BCUT2D eigenvalue weighted by atomic mass is 10.0. The van der Waals surface area contributed by atoms with Crippen molar-refractivity contribution < 1.29 is 24.5 Å². The van der Waals surface area contributed by atoms with Gasteiger partial charge in [-0.15, -0.1) is 0 Å². The van der Waals surface area contributed by atoms with Gasteiger partial charge in [-0.1, -0.05) is 205 Å². The first-order valence-electron chi connectivity index (χ1n) is 23.7. The molecule has 0 bridgehead atoms. The van der Waals surface area contributed by atoms with Crippen LogP contribution in [0.4, 0.5) is 0 Å². The number of allylic oxidation sites excluding steroid dienone is 6. The summed E-state index contributed by atoms with van der Waals surface area (Å²) >= 11 is 0. The van der Waals surface area contributed by atoms with Gasteiger partial charge in [0, 0.05) is 6.42 Å². The van der Waals surface area contributed by atoms with E-state index in [1.54, 1.807) is 0 Å². The van der Waals surface area contributed by atoms with Crippen LogP contribution < -0.4 is 5.32 Å². The van der Waals surface area contributed by atoms with Crippen LogP contribution in [0.1, 0.15) is 239 Å². The molecule has 0 aromatic carbocycles. The van der Waals surface area contributed by atoms with Gasteiger partial charge in [-0.2, -0.15) is 0 Å². The Morgan fingerprint density at radius 1 is 0.545 bits per heavy atom. The highest BCUT2D eigenvalue weighted by molar-refractivity contribution is 5.77. The van der Waals surface area contributed by atoms with Crippen molar-refractivity contribution in [3.63, 3.8) is 0 Å². The highest BCUT2D eigenvalue weighted by Gasteiger charge is 2.24. The highest BCUT2D eigenvalue weighted by atomic mass is 16.5. The number of esters is 1. The fraction of sp³-hybridized carbons (Fsp3) is 0.837. The first-order valence-corrected chi connectivity index (χ1v) is 23.7. The summed E-state index contributed by atoms with van der Waals surface area (Å²) in [4.78, 5) is 25.9. The minimum atomic E-state index is -0.787. The standard InChI is InChI=1S/C49H91NO5/c1-4-7-10-13-16-19-21-23-25-27-29-32-35-38-41-47(52)46(44-51)50-48(53)43-45(40-37-34-31-18-15-12-9-6-3)55-49(54)42-39-36-33-30-28-26-24-22-20-17-14-11-8-5-2/h8,11,17,20,24,26,45-47,51-52H,4-7,9-10,12-16,18-19,21-23,25,27-44H2,1-3H3,(H,50,53)/b11-8+,20-17+,26-24+. The van der Waals surface area contributed by atoms with Crippen LogP contribution in [-0.2, 0) is 14.3 Å². The summed E-state index contributed by atoms with van der Waals surface area (Å²) in [5, 5.41) is 23.7. The Bertz CT molecular complexity index is 915. The maximum atomic E-state index is 13.1. The quantitative estimate of drug-likeness (QED) is 0.0326. The smallest absolute Gasteiger partial charge is 0.306 e. The van der Waals surface area contributed by atoms with Gasteiger partial charge in [-0.25, -0.2) is 0 Å². The summed E-state index contributed by atoms with van der Waals surface area (Å²) in [5.74, 6) is -0.498. The molecular formula is C49H91NO5. The van der Waals surface area contributed by atoms with Gasteiger partial charge in [0.15, 0.2) is 0 Å². The van der Waals surface area contributed by atoms with E-state index >= 15 is 0 Å². The van der Waals surface area contributed by atoms with Crippen LogP contribution in [0.15, 0.2) is 36.5 Å². The maximum absolute atomic E-state index is 13.1. The molecule has 6 heteroatoms. The van der Waals surface area contributed by atoms with Gasteiger partial charge < -0.3 is 20.3 Å². The lowest BCUT2D eigenvalue weighted by Gasteiger charge is -2.24. The molecule has 0 heterocycles. The molecule has 0 fully saturated rings. The number of nitrogens with one attached hydrogen (secondary N) is 1. The molecule has 55 heavy (non-hydrogen) atoms. The summed E-state index contributed by atoms with van der Waals surface area (Å²) in [6.45, 7) is 6.34. The molecule has 1 amide bonds. The van der Waals surface area contributed by atoms with Crippen LogP contribution in [0.25, 0.3) is 0 Å². The third-order valence-electron chi connectivity index (χ3n) is 10.7. The van der Waals surface area contributed by atoms with E-state index in [1.807, 2.05) is 0 Å². The van der Waals surface area contributed by atoms with Crippen LogP contribution >= 0.6 is 0 Å². The molecule has 0 saturated heterocycles. The second-order valence-electron chi connectivity index (χ2n) is 16.1. The fourth-order valence-electron chi connectivity index (χ4n) is 7.15. The summed E-state index contributed by atoms with van der Waals surface area (Å²) < 4.78 is 5.88. The molecule has 3 atom stereocenters. The van der Waals surface area contributed by atoms with Crippen LogP contribution in [0.3, 0.4) is 0 Å². The third kappa shape index (κ3) is 38.7. The molecule has 0 aromatic rings. The number of ether oxygens (including phenoxy) is 1. The Labute approximate surface area is 341 Å². The Hall–Kier alpha value is -1.92. The minimum absolute atomic E-state index is 0.0707. The normalized spacial score (nSPS) is 13.6. The van der Waals surface area contributed by atoms with E-state index in [0.717, 1.165) is 83.5 Å². The zero-order chi connectivity index (χ0) is 40.3. The van der Waals surface area contributed by atoms with Gasteiger partial charge in [0.05, 0.1) is 25.2 Å². The van der Waals surface area contributed by atoms with Gasteiger partial charge in [0.25, 0.3) is 0 Å². The number of unbranched alkanes of at least 4 members (excludes halogenated alkanes) is 24. The first-order chi connectivity index (χ1) is 27.0. The minimum Gasteiger partial charge on any atom is -0.462 e. The van der Waals surface area contributed by atoms with E-state index in [4.69, 9.17) is 4.74 Å². The predicted octanol–water partition coefficient (Wildman–Crippen LogP) is 13.7. The van der Waals surface area contributed by atoms with Crippen molar-refractivity contribution in [2.45, 2.75) is 257 Å². The number of carbonyl (C=O) groups is 2. The molecule has 0 aliphatic rings. The molecule has 322 valence electrons. The summed E-state index contributed by atoms with van der Waals surface area (Å²) in [6, 6.07) is -0.701. The number of carbonyl (C=O) groups excluding carboxylic acids is 2. The number of aliphatic hydroxyl groups excluding tert-OH is 2. The Morgan fingerprint density at radius 2 is 0.982 bits per heavy atom. The van der Waals surface area contributed by atoms with E-state index in [1.165, 1.54) is 109 Å². The SMILES string of the molecule is CC/C=C/C/C=C/C/C=C/CCCCCCC(=O)OC(CCCCCCCCCC)CC(=O)NC(CO)C(O)CCCCCCCCCCCCCCCC. The predicted molar refractivity (Wildman–Crippen MR) is 236 cm³/mol. The molecule has 6 nitrogen and oxygen atoms in total. The van der Waals surface area contributed by atoms with Gasteiger partial charge in [0.1, 0.15) is 6.10 Å². The van der Waals surface area contributed by atoms with E-state index in [0.29, 0.717) is 19.3 Å². The fourth-order valence-corrected chi connectivity index (χ4v) is 7.15. The van der Waals surface area contributed by atoms with E-state index in [9.17, 15) is 19.8 Å². The van der Waals surface area contributed by atoms with Crippen molar-refractivity contribution in [3.05, 3.63) is 36.5 Å². The van der Waals surface area contributed by atoms with E-state index < -0.39 is 18.2 Å². The molecule has 3 unspecified atom stereocenters. The number of hydrogen-bond acceptors (Lipinski definition) is 5. The zero-order valence-electron chi connectivity index (χ0n) is 36.6. The monoisotopic (exact) mass is 774 g/mol. The third-order valence-corrected chi connectivity index (χ3v) is 10.7. The molecule has 0 aromatic heterocycles. The van der Waals surface area contributed by atoms with Crippen LogP contribution in [0.2, 0.25) is 0 Å². The van der Waals surface area contributed by atoms with Crippen molar-refractivity contribution in [2.75, 3.05) is 6.61 Å². The molecule has 3 N–H and O–H groups in total. The number of hydrogen-bond donors (Lipinski definition) is 3. The second-order valence-corrected chi connectivity index (χ2v) is 16.1. The lowest BCUT2D eigenvalue weighted by molar-refractivity contribution is -0.151. The molecule has 0 spiro atoms. The van der Waals surface area contributed by atoms with Crippen LogP contribution in [0, 0.1) is 0 Å². The maximum Gasteiger partial charge on any atom is 0.306 e. The average molecular weight is 774 g/mol. The summed E-state index contributed by atoms with van der Waals surface area (Å²) in [7, 11) is 0. The van der Waals surface area contributed by atoms with E-state index in [2.05, 4.69) is 62.5 Å². The van der Waals surface area contributed by atoms with Crippen molar-refractivity contribution in [1.29, 1.82) is 0 Å². The van der Waals surface area contributed by atoms with Crippen molar-refractivity contribution >= 4 is 11.9 Å². The van der Waals surface area contributed by atoms with Gasteiger partial charge in [-0.3, -0.25) is 9.59 Å². The lowest BCUT2D eigenvalue weighted by Crippen LogP contribution is -2.46. The Morgan fingerprint density at radius 3 is 1.49 bits per heavy atom. The van der Waals surface area contributed by atoms with Crippen LogP contribution in [-0.4, -0.2) is 46.9 Å². The Kier molecular flexibility index (Phi) is 41.7. The van der Waals surface area contributed by atoms with Gasteiger partial charge in [-0.05, 0) is 57.8 Å². The molecule has 0 saturated carbocycles. The molecule has 0 rings (SSSR count). The zero-order valence-corrected chi connectivity index (χ0v) is 36.6. The number of amides is 1. The van der Waals surface area contributed by atoms with Crippen LogP contribution in [0.5, 0.6) is 0 Å². The van der Waals surface area contributed by atoms with Crippen molar-refractivity contribution in [2.24, 2.45) is 0 Å². The summed E-state index contributed by atoms with van der Waals surface area (Å²) in [5.41, 5.74) is 0. The number of aliphatic hydroxyl groups is 2. The van der Waals surface area contributed by atoms with Gasteiger partial charge >= 0.3 is 5.97 Å². The molecule has 0 aliphatic heterocycles. The molecule has 0 aliphatic carbocycles. The summed E-state index contributed by atoms with van der Waals surface area (Å²) in [6.07, 6.45) is 49.2. The largest absolute Gasteiger partial charge is 0.462 e. The topological polar surface area (TPSA) is 95.9 Å². The highest BCUT2D eigenvalue weighted by Crippen LogP contribution is 2.18. The molecular weight excluding hydrogens is 683 g/mol. The average Bonchev–Trinajstić information content (AvgIpc) is 3.18. The van der Waals surface area contributed by atoms with Gasteiger partial charge in [0.2, 0.25) is 5.91 Å². The van der Waals surface area contributed by atoms with Crippen molar-refractivity contribution in [1.82, 2.24) is 5.32 Å². The van der Waals surface area contributed by atoms with Crippen molar-refractivity contribution in [3.8, 4) is 0 Å².